The molecule has 5 nitrogen and oxygen atoms in total. The lowest BCUT2D eigenvalue weighted by Crippen LogP contribution is -2.20. The smallest absolute Gasteiger partial charge is 0.339 e. The minimum Gasteiger partial charge on any atom is -0.465 e. The van der Waals surface area contributed by atoms with Gasteiger partial charge in [0.25, 0.3) is 0 Å². The first-order valence-corrected chi connectivity index (χ1v) is 5.75. The molecule has 0 aliphatic rings. The van der Waals surface area contributed by atoms with Gasteiger partial charge in [-0.1, -0.05) is 11.8 Å². The Balaban J connectivity index is 2.72. The quantitative estimate of drug-likeness (QED) is 0.367. The molecule has 0 radical (unpaired) electrons. The lowest BCUT2D eigenvalue weighted by atomic mass is 10.1. The van der Waals surface area contributed by atoms with Crippen molar-refractivity contribution in [1.82, 2.24) is 5.32 Å². The van der Waals surface area contributed by atoms with Gasteiger partial charge in [-0.25, -0.2) is 4.79 Å². The Labute approximate surface area is 112 Å². The van der Waals surface area contributed by atoms with Gasteiger partial charge in [0.15, 0.2) is 0 Å². The van der Waals surface area contributed by atoms with Gasteiger partial charge >= 0.3 is 5.97 Å². The van der Waals surface area contributed by atoms with Crippen LogP contribution in [0.2, 0.25) is 0 Å². The number of carbonyl (C=O) groups excluding carboxylic acids is 2. The number of hydrogen-bond donors (Lipinski definition) is 2. The van der Waals surface area contributed by atoms with Gasteiger partial charge in [-0.05, 0) is 18.2 Å². The van der Waals surface area contributed by atoms with Crippen molar-refractivity contribution < 1.29 is 14.3 Å². The third kappa shape index (κ3) is 4.72. The van der Waals surface area contributed by atoms with Crippen LogP contribution in [0.4, 0.5) is 5.69 Å². The summed E-state index contributed by atoms with van der Waals surface area (Å²) in [6.45, 7) is 1.96. The van der Waals surface area contributed by atoms with Crippen molar-refractivity contribution in [2.24, 2.45) is 0 Å². The van der Waals surface area contributed by atoms with Crippen molar-refractivity contribution in [2.75, 3.05) is 19.4 Å². The van der Waals surface area contributed by atoms with E-state index in [1.807, 2.05) is 0 Å². The number of methoxy groups -OCH3 is 1. The molecule has 100 valence electrons. The topological polar surface area (TPSA) is 81.4 Å². The molecule has 0 heterocycles. The number of nitrogens with two attached hydrogens (primary N) is 1. The molecule has 0 aliphatic carbocycles. The Morgan fingerprint density at radius 2 is 2.16 bits per heavy atom. The highest BCUT2D eigenvalue weighted by Crippen LogP contribution is 2.14. The number of nitrogens with one attached hydrogen (secondary N) is 1. The molecule has 1 aromatic rings. The molecule has 0 saturated heterocycles. The summed E-state index contributed by atoms with van der Waals surface area (Å²) in [5.74, 6) is 5.24. The lowest BCUT2D eigenvalue weighted by Gasteiger charge is -2.03. The molecule has 0 saturated carbocycles. The van der Waals surface area contributed by atoms with Gasteiger partial charge in [0.1, 0.15) is 0 Å². The molecule has 1 aromatic carbocycles. The van der Waals surface area contributed by atoms with Gasteiger partial charge in [-0.2, -0.15) is 0 Å². The zero-order valence-corrected chi connectivity index (χ0v) is 10.9. The highest BCUT2D eigenvalue weighted by molar-refractivity contribution is 5.95. The van der Waals surface area contributed by atoms with Crippen molar-refractivity contribution in [3.63, 3.8) is 0 Å². The highest BCUT2D eigenvalue weighted by Gasteiger charge is 2.09. The minimum atomic E-state index is -0.487. The van der Waals surface area contributed by atoms with Crippen LogP contribution in [0, 0.1) is 11.8 Å². The zero-order chi connectivity index (χ0) is 14.3. The zero-order valence-electron chi connectivity index (χ0n) is 10.9. The summed E-state index contributed by atoms with van der Waals surface area (Å²) in [7, 11) is 1.30. The first-order valence-electron chi connectivity index (χ1n) is 5.75. The van der Waals surface area contributed by atoms with Crippen LogP contribution in [0.1, 0.15) is 29.3 Å². The van der Waals surface area contributed by atoms with E-state index in [4.69, 9.17) is 5.73 Å². The van der Waals surface area contributed by atoms with Gasteiger partial charge in [0.05, 0.1) is 12.7 Å². The predicted molar refractivity (Wildman–Crippen MR) is 72.4 cm³/mol. The molecule has 0 aliphatic heterocycles. The molecular formula is C14H16N2O3. The number of esters is 1. The van der Waals surface area contributed by atoms with Crippen molar-refractivity contribution in [2.45, 2.75) is 13.3 Å². The van der Waals surface area contributed by atoms with E-state index in [0.717, 1.165) is 0 Å². The van der Waals surface area contributed by atoms with E-state index in [0.29, 0.717) is 29.8 Å². The van der Waals surface area contributed by atoms with E-state index >= 15 is 0 Å². The monoisotopic (exact) mass is 260 g/mol. The molecule has 0 atom stereocenters. The Hall–Kier alpha value is -2.48. The molecule has 19 heavy (non-hydrogen) atoms. The Bertz CT molecular complexity index is 541. The van der Waals surface area contributed by atoms with Crippen LogP contribution in [0.3, 0.4) is 0 Å². The van der Waals surface area contributed by atoms with Crippen LogP contribution in [0.15, 0.2) is 18.2 Å². The standard InChI is InChI=1S/C14H16N2O3/c1-10(17)16-8-4-3-5-11-6-7-13(15)12(9-11)14(18)19-2/h6-7,9H,4,8,15H2,1-2H3,(H,16,17). The van der Waals surface area contributed by atoms with E-state index in [1.54, 1.807) is 18.2 Å². The first-order chi connectivity index (χ1) is 9.04. The molecule has 0 aromatic heterocycles. The highest BCUT2D eigenvalue weighted by atomic mass is 16.5. The van der Waals surface area contributed by atoms with Crippen LogP contribution < -0.4 is 11.1 Å². The van der Waals surface area contributed by atoms with Crippen molar-refractivity contribution in [3.8, 4) is 11.8 Å². The van der Waals surface area contributed by atoms with E-state index in [-0.39, 0.29) is 5.91 Å². The summed E-state index contributed by atoms with van der Waals surface area (Å²) in [4.78, 5) is 22.1. The fourth-order valence-corrected chi connectivity index (χ4v) is 1.39. The number of amides is 1. The first kappa shape index (κ1) is 14.6. The summed E-state index contributed by atoms with van der Waals surface area (Å²) in [5.41, 5.74) is 7.02. The van der Waals surface area contributed by atoms with Crippen LogP contribution in [-0.4, -0.2) is 25.5 Å². The number of ether oxygens (including phenoxy) is 1. The van der Waals surface area contributed by atoms with E-state index < -0.39 is 5.97 Å². The minimum absolute atomic E-state index is 0.0812. The van der Waals surface area contributed by atoms with E-state index in [2.05, 4.69) is 21.9 Å². The number of nitrogen functional groups attached to an aromatic ring is 1. The predicted octanol–water partition coefficient (Wildman–Crippen LogP) is 0.933. The molecule has 0 unspecified atom stereocenters. The number of hydrogen-bond acceptors (Lipinski definition) is 4. The number of rotatable bonds is 3. The molecule has 0 fully saturated rings. The molecule has 3 N–H and O–H groups in total. The SMILES string of the molecule is COC(=O)c1cc(C#CCCNC(C)=O)ccc1N. The maximum absolute atomic E-state index is 11.4. The van der Waals surface area contributed by atoms with Gasteiger partial charge in [0.2, 0.25) is 5.91 Å². The number of carbonyl (C=O) groups is 2. The number of benzene rings is 1. The molecule has 1 amide bonds. The molecule has 5 heteroatoms. The largest absolute Gasteiger partial charge is 0.465 e. The lowest BCUT2D eigenvalue weighted by molar-refractivity contribution is -0.118. The van der Waals surface area contributed by atoms with Crippen LogP contribution in [0.5, 0.6) is 0 Å². The Morgan fingerprint density at radius 1 is 1.42 bits per heavy atom. The van der Waals surface area contributed by atoms with Gasteiger partial charge in [0, 0.05) is 31.1 Å². The van der Waals surface area contributed by atoms with Crippen LogP contribution in [-0.2, 0) is 9.53 Å². The van der Waals surface area contributed by atoms with E-state index in [9.17, 15) is 9.59 Å². The summed E-state index contributed by atoms with van der Waals surface area (Å²) in [5, 5.41) is 2.64. The van der Waals surface area contributed by atoms with Crippen molar-refractivity contribution in [1.29, 1.82) is 0 Å². The fraction of sp³-hybridized carbons (Fsp3) is 0.286. The molecule has 0 spiro atoms. The maximum atomic E-state index is 11.4. The second kappa shape index (κ2) is 7.07. The summed E-state index contributed by atoms with van der Waals surface area (Å²) < 4.78 is 4.63. The maximum Gasteiger partial charge on any atom is 0.339 e. The summed E-state index contributed by atoms with van der Waals surface area (Å²) in [6.07, 6.45) is 0.539. The molecule has 0 bridgehead atoms. The molecule has 1 rings (SSSR count). The van der Waals surface area contributed by atoms with Crippen LogP contribution in [0.25, 0.3) is 0 Å². The third-order valence-corrected chi connectivity index (χ3v) is 2.32. The normalized spacial score (nSPS) is 9.16. The molecular weight excluding hydrogens is 244 g/mol. The Morgan fingerprint density at radius 3 is 2.79 bits per heavy atom. The van der Waals surface area contributed by atoms with Gasteiger partial charge < -0.3 is 15.8 Å². The summed E-state index contributed by atoms with van der Waals surface area (Å²) >= 11 is 0. The van der Waals surface area contributed by atoms with Crippen molar-refractivity contribution >= 4 is 17.6 Å². The summed E-state index contributed by atoms with van der Waals surface area (Å²) in [6, 6.07) is 4.93. The second-order valence-corrected chi connectivity index (χ2v) is 3.83. The average molecular weight is 260 g/mol. The van der Waals surface area contributed by atoms with Gasteiger partial charge in [-0.3, -0.25) is 4.79 Å². The second-order valence-electron chi connectivity index (χ2n) is 3.83. The average Bonchev–Trinajstić information content (AvgIpc) is 2.39. The van der Waals surface area contributed by atoms with Crippen LogP contribution >= 0.6 is 0 Å². The van der Waals surface area contributed by atoms with Crippen molar-refractivity contribution in [3.05, 3.63) is 29.3 Å². The third-order valence-electron chi connectivity index (χ3n) is 2.32. The Kier molecular flexibility index (Phi) is 5.42. The fourth-order valence-electron chi connectivity index (χ4n) is 1.39. The van der Waals surface area contributed by atoms with Gasteiger partial charge in [-0.15, -0.1) is 0 Å². The van der Waals surface area contributed by atoms with E-state index in [1.165, 1.54) is 14.0 Å². The number of anilines is 1.